The van der Waals surface area contributed by atoms with E-state index in [9.17, 15) is 47.9 Å². The predicted octanol–water partition coefficient (Wildman–Crippen LogP) is 3.03. The molecule has 2 aliphatic heterocycles. The maximum atomic E-state index is 15.2. The summed E-state index contributed by atoms with van der Waals surface area (Å²) in [6.07, 6.45) is -16.6. The molecule has 1 aromatic heterocycles. The van der Waals surface area contributed by atoms with Crippen LogP contribution in [-0.4, -0.2) is 121 Å². The van der Waals surface area contributed by atoms with Crippen LogP contribution >= 0.6 is 0 Å². The van der Waals surface area contributed by atoms with Gasteiger partial charge in [0.2, 0.25) is 36.0 Å². The predicted molar refractivity (Wildman–Crippen MR) is 235 cm³/mol. The van der Waals surface area contributed by atoms with E-state index in [0.29, 0.717) is 0 Å². The number of carbonyl (C=O) groups is 10. The molecule has 72 heavy (non-hydrogen) atoms. The number of fused-ring (bicyclic) bond motifs is 1. The lowest BCUT2D eigenvalue weighted by molar-refractivity contribution is -0.283. The van der Waals surface area contributed by atoms with Gasteiger partial charge in [0.15, 0.2) is 41.7 Å². The molecule has 3 heterocycles. The molecule has 2 fully saturated rings. The van der Waals surface area contributed by atoms with Gasteiger partial charge in [-0.1, -0.05) is 0 Å². The maximum absolute atomic E-state index is 15.2. The van der Waals surface area contributed by atoms with E-state index in [1.807, 2.05) is 0 Å². The fourth-order valence-electron chi connectivity index (χ4n) is 7.68. The minimum atomic E-state index is -2.04. The Balaban J connectivity index is 1.82. The number of ketones is 1. The number of Topliss-reactive ketones (excluding diaryl/α,β-unsaturated/α-hetero) is 1. The Morgan fingerprint density at radius 1 is 0.486 bits per heavy atom. The third kappa shape index (κ3) is 13.9. The van der Waals surface area contributed by atoms with E-state index in [2.05, 4.69) is 0 Å². The molecule has 25 heteroatoms. The molecule has 0 aliphatic carbocycles. The zero-order valence-corrected chi connectivity index (χ0v) is 40.6. The summed E-state index contributed by atoms with van der Waals surface area (Å²) in [5.74, 6) is -11.7. The van der Waals surface area contributed by atoms with Crippen molar-refractivity contribution < 1.29 is 114 Å². The summed E-state index contributed by atoms with van der Waals surface area (Å²) < 4.78 is 79.9. The summed E-state index contributed by atoms with van der Waals surface area (Å²) in [5.41, 5.74) is -1.81. The molecule has 0 saturated carbocycles. The summed E-state index contributed by atoms with van der Waals surface area (Å²) in [5, 5.41) is -0.551. The molecule has 388 valence electrons. The average molecular weight is 1010 g/mol. The van der Waals surface area contributed by atoms with Gasteiger partial charge in [-0.2, -0.15) is 0 Å². The molecule has 0 radical (unpaired) electrons. The van der Waals surface area contributed by atoms with Crippen LogP contribution in [0, 0.1) is 0 Å². The monoisotopic (exact) mass is 1010 g/mol. The minimum Gasteiger partial charge on any atom is -0.460 e. The van der Waals surface area contributed by atoms with Crippen molar-refractivity contribution in [3.8, 4) is 40.1 Å². The van der Waals surface area contributed by atoms with Crippen molar-refractivity contribution in [3.05, 3.63) is 40.6 Å². The summed E-state index contributed by atoms with van der Waals surface area (Å²) in [7, 11) is 0. The molecule has 2 aromatic carbocycles. The van der Waals surface area contributed by atoms with Crippen LogP contribution in [0.1, 0.15) is 82.6 Å². The fourth-order valence-corrected chi connectivity index (χ4v) is 7.68. The molecule has 0 amide bonds. The van der Waals surface area contributed by atoms with Crippen molar-refractivity contribution in [3.63, 3.8) is 0 Å². The van der Waals surface area contributed by atoms with Gasteiger partial charge >= 0.3 is 53.7 Å². The van der Waals surface area contributed by atoms with Crippen LogP contribution < -0.4 is 29.1 Å². The third-order valence-electron chi connectivity index (χ3n) is 9.96. The van der Waals surface area contributed by atoms with E-state index in [1.165, 1.54) is 19.9 Å². The zero-order chi connectivity index (χ0) is 53.5. The van der Waals surface area contributed by atoms with E-state index in [1.54, 1.807) is 0 Å². The highest BCUT2D eigenvalue weighted by molar-refractivity contribution is 5.91. The number of benzene rings is 2. The summed E-state index contributed by atoms with van der Waals surface area (Å²) in [6.45, 7) is 11.8. The highest BCUT2D eigenvalue weighted by Gasteiger charge is 2.54. The van der Waals surface area contributed by atoms with Crippen LogP contribution in [0.2, 0.25) is 0 Å². The molecule has 3 aromatic rings. The Hall–Kier alpha value is -7.93. The number of hydrogen-bond donors (Lipinski definition) is 0. The molecule has 0 unspecified atom stereocenters. The first-order valence-corrected chi connectivity index (χ1v) is 21.7. The van der Waals surface area contributed by atoms with E-state index in [4.69, 9.17) is 66.0 Å². The third-order valence-corrected chi connectivity index (χ3v) is 9.96. The SMILES string of the molecule is CC(=O)C[C@H]1O[C@@H](Oc2c(-c3ccc(OC(C)=O)c(OC(C)=O)c3)oc3cc(O[C@H]4O[C@H](C)[C@@H](OC(C)=O)[C@H](OC(C)=O)[C@@H]4OC(C)=O)cc(OC(C)=O)c3c2=O)[C@H](OC(C)=O)[C@@H](OC(C)=O)[C@@H]1OC(C)=O. The van der Waals surface area contributed by atoms with Crippen LogP contribution in [0.4, 0.5) is 0 Å². The fraction of sp³-hybridized carbons (Fsp3) is 0.468. The number of ether oxygens (including phenoxy) is 13. The smallest absolute Gasteiger partial charge is 0.308 e. The molecule has 0 spiro atoms. The standard InChI is InChI=1S/C47H50O25/c1-18(48)14-35-40(64-24(7)53)43(66-26(9)55)45(68-28(11)57)47(71-35)72-41-37(58)36-33(62-22(5)51)16-30(17-34(36)70-39(41)29-12-13-31(60-20(3)49)32(15-29)61-21(4)50)69-46-44(67-27(10)56)42(65-25(8)54)38(19(2)59-46)63-23(6)52/h12-13,15-17,19,35,38,40,42-47H,14H2,1-11H3/t19-,35-,38-,40-,42+,43+,44+,45-,46-,47+/m1/s1. The van der Waals surface area contributed by atoms with Gasteiger partial charge < -0.3 is 66.0 Å². The van der Waals surface area contributed by atoms with Crippen LogP contribution in [0.3, 0.4) is 0 Å². The Bertz CT molecular complexity index is 2720. The second-order valence-electron chi connectivity index (χ2n) is 16.2. The minimum absolute atomic E-state index is 0.175. The molecule has 0 N–H and O–H groups in total. The molecular formula is C47H50O25. The molecular weight excluding hydrogens is 964 g/mol. The van der Waals surface area contributed by atoms with Gasteiger partial charge in [-0.25, -0.2) is 0 Å². The second-order valence-corrected chi connectivity index (χ2v) is 16.2. The van der Waals surface area contributed by atoms with Crippen molar-refractivity contribution in [2.75, 3.05) is 0 Å². The van der Waals surface area contributed by atoms with Crippen molar-refractivity contribution >= 4 is 70.5 Å². The molecule has 25 nitrogen and oxygen atoms in total. The van der Waals surface area contributed by atoms with Gasteiger partial charge in [-0.3, -0.25) is 52.7 Å². The average Bonchev–Trinajstić information content (AvgIpc) is 3.23. The van der Waals surface area contributed by atoms with Crippen LogP contribution in [0.15, 0.2) is 39.5 Å². The Morgan fingerprint density at radius 2 is 0.944 bits per heavy atom. The first-order valence-electron chi connectivity index (χ1n) is 21.7. The summed E-state index contributed by atoms with van der Waals surface area (Å²) in [4.78, 5) is 139. The first kappa shape index (κ1) is 55.0. The molecule has 0 bridgehead atoms. The lowest BCUT2D eigenvalue weighted by atomic mass is 9.94. The largest absolute Gasteiger partial charge is 0.460 e. The Morgan fingerprint density at radius 3 is 1.46 bits per heavy atom. The van der Waals surface area contributed by atoms with Crippen LogP contribution in [0.5, 0.6) is 28.7 Å². The van der Waals surface area contributed by atoms with E-state index in [-0.39, 0.29) is 22.8 Å². The van der Waals surface area contributed by atoms with Crippen LogP contribution in [0.25, 0.3) is 22.3 Å². The number of rotatable bonds is 16. The summed E-state index contributed by atoms with van der Waals surface area (Å²) >= 11 is 0. The van der Waals surface area contributed by atoms with Crippen molar-refractivity contribution in [2.24, 2.45) is 0 Å². The summed E-state index contributed by atoms with van der Waals surface area (Å²) in [6, 6.07) is 5.61. The van der Waals surface area contributed by atoms with Gasteiger partial charge in [0.25, 0.3) is 0 Å². The van der Waals surface area contributed by atoms with E-state index >= 15 is 4.79 Å². The second kappa shape index (κ2) is 23.3. The van der Waals surface area contributed by atoms with Gasteiger partial charge in [0, 0.05) is 86.4 Å². The molecule has 5 rings (SSSR count). The quantitative estimate of drug-likeness (QED) is 0.113. The Labute approximate surface area is 408 Å². The first-order chi connectivity index (χ1) is 33.7. The van der Waals surface area contributed by atoms with Crippen molar-refractivity contribution in [1.82, 2.24) is 0 Å². The zero-order valence-electron chi connectivity index (χ0n) is 40.6. The van der Waals surface area contributed by atoms with Gasteiger partial charge in [0.05, 0.1) is 6.10 Å². The van der Waals surface area contributed by atoms with Gasteiger partial charge in [-0.15, -0.1) is 0 Å². The highest BCUT2D eigenvalue weighted by atomic mass is 16.7. The van der Waals surface area contributed by atoms with Gasteiger partial charge in [-0.05, 0) is 32.0 Å². The number of esters is 9. The lowest BCUT2D eigenvalue weighted by Crippen LogP contribution is -2.63. The van der Waals surface area contributed by atoms with E-state index in [0.717, 1.165) is 86.6 Å². The number of hydrogen-bond acceptors (Lipinski definition) is 25. The van der Waals surface area contributed by atoms with Crippen molar-refractivity contribution in [2.45, 2.75) is 144 Å². The van der Waals surface area contributed by atoms with Crippen molar-refractivity contribution in [1.29, 1.82) is 0 Å². The molecule has 2 saturated heterocycles. The van der Waals surface area contributed by atoms with E-state index < -0.39 is 161 Å². The topological polar surface area (TPSA) is 321 Å². The lowest BCUT2D eigenvalue weighted by Gasteiger charge is -2.44. The Kier molecular flexibility index (Phi) is 17.8. The normalized spacial score (nSPS) is 23.5. The molecule has 10 atom stereocenters. The molecule has 2 aliphatic rings. The number of carbonyl (C=O) groups excluding carboxylic acids is 10. The van der Waals surface area contributed by atoms with Crippen LogP contribution in [-0.2, 0) is 85.8 Å². The highest BCUT2D eigenvalue weighted by Crippen LogP contribution is 2.42. The van der Waals surface area contributed by atoms with Gasteiger partial charge in [0.1, 0.15) is 34.4 Å². The maximum Gasteiger partial charge on any atom is 0.308 e.